The largest absolute Gasteiger partial charge is 0.481 e. The van der Waals surface area contributed by atoms with Crippen LogP contribution in [0.3, 0.4) is 0 Å². The SMILES string of the molecule is Nc1cnccc1SCC(O)CC(=O)O. The Morgan fingerprint density at radius 3 is 3.00 bits per heavy atom. The van der Waals surface area contributed by atoms with Gasteiger partial charge in [0.1, 0.15) is 0 Å². The van der Waals surface area contributed by atoms with Crippen molar-refractivity contribution in [1.29, 1.82) is 0 Å². The van der Waals surface area contributed by atoms with E-state index in [1.54, 1.807) is 12.3 Å². The lowest BCUT2D eigenvalue weighted by Crippen LogP contribution is -2.15. The van der Waals surface area contributed by atoms with Crippen molar-refractivity contribution in [3.05, 3.63) is 18.5 Å². The highest BCUT2D eigenvalue weighted by Gasteiger charge is 2.10. The molecule has 0 saturated carbocycles. The number of nitrogen functional groups attached to an aromatic ring is 1. The minimum atomic E-state index is -1.01. The zero-order chi connectivity index (χ0) is 11.3. The molecule has 1 aromatic rings. The van der Waals surface area contributed by atoms with Gasteiger partial charge in [0.05, 0.1) is 24.4 Å². The number of carboxylic acid groups (broad SMARTS) is 1. The molecule has 0 spiro atoms. The van der Waals surface area contributed by atoms with Gasteiger partial charge in [0.15, 0.2) is 0 Å². The molecule has 0 aromatic carbocycles. The lowest BCUT2D eigenvalue weighted by molar-refractivity contribution is -0.138. The Labute approximate surface area is 91.3 Å². The van der Waals surface area contributed by atoms with Crippen LogP contribution in [-0.2, 0) is 4.79 Å². The van der Waals surface area contributed by atoms with Crippen LogP contribution in [0.4, 0.5) is 5.69 Å². The molecule has 1 aromatic heterocycles. The molecule has 0 aliphatic heterocycles. The predicted octanol–water partition coefficient (Wildman–Crippen LogP) is 0.592. The van der Waals surface area contributed by atoms with Crippen molar-refractivity contribution in [3.8, 4) is 0 Å². The van der Waals surface area contributed by atoms with Gasteiger partial charge in [-0.1, -0.05) is 0 Å². The number of rotatable bonds is 5. The van der Waals surface area contributed by atoms with Crippen molar-refractivity contribution in [2.45, 2.75) is 17.4 Å². The topological polar surface area (TPSA) is 96.4 Å². The number of aliphatic carboxylic acids is 1. The van der Waals surface area contributed by atoms with E-state index in [1.807, 2.05) is 0 Å². The van der Waals surface area contributed by atoms with Crippen molar-refractivity contribution in [3.63, 3.8) is 0 Å². The van der Waals surface area contributed by atoms with E-state index < -0.39 is 12.1 Å². The standard InChI is InChI=1S/C9H12N2O3S/c10-7-4-11-2-1-8(7)15-5-6(12)3-9(13)14/h1-2,4,6,12H,3,5,10H2,(H,13,14). The number of aromatic nitrogens is 1. The van der Waals surface area contributed by atoms with E-state index in [-0.39, 0.29) is 6.42 Å². The van der Waals surface area contributed by atoms with Crippen LogP contribution >= 0.6 is 11.8 Å². The van der Waals surface area contributed by atoms with E-state index in [2.05, 4.69) is 4.98 Å². The highest BCUT2D eigenvalue weighted by atomic mass is 32.2. The Kier molecular flexibility index (Phi) is 4.38. The highest BCUT2D eigenvalue weighted by Crippen LogP contribution is 2.24. The molecule has 0 fully saturated rings. The van der Waals surface area contributed by atoms with Gasteiger partial charge in [0, 0.05) is 16.8 Å². The minimum absolute atomic E-state index is 0.252. The number of hydrogen-bond acceptors (Lipinski definition) is 5. The van der Waals surface area contributed by atoms with Gasteiger partial charge in [-0.3, -0.25) is 9.78 Å². The van der Waals surface area contributed by atoms with Gasteiger partial charge in [0.25, 0.3) is 0 Å². The second-order valence-electron chi connectivity index (χ2n) is 2.98. The Hall–Kier alpha value is -1.27. The number of aliphatic hydroxyl groups is 1. The van der Waals surface area contributed by atoms with Gasteiger partial charge in [-0.2, -0.15) is 0 Å². The summed E-state index contributed by atoms with van der Waals surface area (Å²) in [6.45, 7) is 0. The minimum Gasteiger partial charge on any atom is -0.481 e. The van der Waals surface area contributed by atoms with E-state index >= 15 is 0 Å². The maximum absolute atomic E-state index is 10.3. The summed E-state index contributed by atoms with van der Waals surface area (Å²) in [6, 6.07) is 1.73. The van der Waals surface area contributed by atoms with Crippen molar-refractivity contribution >= 4 is 23.4 Å². The molecule has 5 nitrogen and oxygen atoms in total. The van der Waals surface area contributed by atoms with E-state index in [4.69, 9.17) is 10.8 Å². The van der Waals surface area contributed by atoms with Crippen LogP contribution in [0.15, 0.2) is 23.4 Å². The van der Waals surface area contributed by atoms with Gasteiger partial charge >= 0.3 is 5.97 Å². The van der Waals surface area contributed by atoms with Gasteiger partial charge in [-0.25, -0.2) is 0 Å². The van der Waals surface area contributed by atoms with Crippen molar-refractivity contribution in [2.75, 3.05) is 11.5 Å². The number of thioether (sulfide) groups is 1. The lowest BCUT2D eigenvalue weighted by Gasteiger charge is -2.08. The number of carboxylic acids is 1. The quantitative estimate of drug-likeness (QED) is 0.638. The van der Waals surface area contributed by atoms with Crippen LogP contribution in [0.2, 0.25) is 0 Å². The molecule has 82 valence electrons. The van der Waals surface area contributed by atoms with Crippen LogP contribution < -0.4 is 5.73 Å². The van der Waals surface area contributed by atoms with Crippen molar-refractivity contribution in [1.82, 2.24) is 4.98 Å². The molecule has 1 unspecified atom stereocenters. The van der Waals surface area contributed by atoms with E-state index in [9.17, 15) is 9.90 Å². The second-order valence-corrected chi connectivity index (χ2v) is 4.04. The maximum atomic E-state index is 10.3. The fourth-order valence-corrected chi connectivity index (χ4v) is 1.84. The summed E-state index contributed by atoms with van der Waals surface area (Å²) >= 11 is 1.32. The van der Waals surface area contributed by atoms with Crippen molar-refractivity contribution < 1.29 is 15.0 Å². The molecule has 1 heterocycles. The second kappa shape index (κ2) is 5.57. The first-order chi connectivity index (χ1) is 7.09. The van der Waals surface area contributed by atoms with E-state index in [0.717, 1.165) is 4.90 Å². The first-order valence-corrected chi connectivity index (χ1v) is 5.30. The summed E-state index contributed by atoms with van der Waals surface area (Å²) in [5.41, 5.74) is 6.16. The number of nitrogens with two attached hydrogens (primary N) is 1. The smallest absolute Gasteiger partial charge is 0.306 e. The zero-order valence-electron chi connectivity index (χ0n) is 7.96. The summed E-state index contributed by atoms with van der Waals surface area (Å²) in [7, 11) is 0. The summed E-state index contributed by atoms with van der Waals surface area (Å²) in [5.74, 6) is -0.702. The molecule has 0 aliphatic rings. The molecule has 0 aliphatic carbocycles. The molecule has 1 rings (SSSR count). The van der Waals surface area contributed by atoms with Crippen LogP contribution in [0.5, 0.6) is 0 Å². The molecule has 6 heteroatoms. The van der Waals surface area contributed by atoms with Crippen LogP contribution in [-0.4, -0.2) is 33.0 Å². The van der Waals surface area contributed by atoms with Crippen LogP contribution in [0, 0.1) is 0 Å². The zero-order valence-corrected chi connectivity index (χ0v) is 8.78. The fourth-order valence-electron chi connectivity index (χ4n) is 0.972. The third-order valence-electron chi connectivity index (χ3n) is 1.65. The summed E-state index contributed by atoms with van der Waals surface area (Å²) in [4.78, 5) is 14.9. The number of pyridine rings is 1. The molecular formula is C9H12N2O3S. The van der Waals surface area contributed by atoms with E-state index in [1.165, 1.54) is 18.0 Å². The number of hydrogen-bond donors (Lipinski definition) is 3. The maximum Gasteiger partial charge on any atom is 0.306 e. The van der Waals surface area contributed by atoms with Gasteiger partial charge in [0.2, 0.25) is 0 Å². The number of carbonyl (C=O) groups is 1. The average Bonchev–Trinajstić information content (AvgIpc) is 2.15. The summed E-state index contributed by atoms with van der Waals surface area (Å²) in [6.07, 6.45) is 2.01. The first-order valence-electron chi connectivity index (χ1n) is 4.31. The first kappa shape index (κ1) is 11.8. The third kappa shape index (κ3) is 4.18. The van der Waals surface area contributed by atoms with Gasteiger partial charge < -0.3 is 15.9 Å². The Morgan fingerprint density at radius 2 is 2.40 bits per heavy atom. The Morgan fingerprint density at radius 1 is 1.67 bits per heavy atom. The molecule has 1 atom stereocenters. The van der Waals surface area contributed by atoms with E-state index in [0.29, 0.717) is 11.4 Å². The summed E-state index contributed by atoms with van der Waals surface area (Å²) < 4.78 is 0. The molecule has 0 bridgehead atoms. The monoisotopic (exact) mass is 228 g/mol. The molecule has 4 N–H and O–H groups in total. The number of aliphatic hydroxyl groups excluding tert-OH is 1. The molecule has 0 saturated heterocycles. The Balaban J connectivity index is 2.43. The average molecular weight is 228 g/mol. The fraction of sp³-hybridized carbons (Fsp3) is 0.333. The summed E-state index contributed by atoms with van der Waals surface area (Å²) in [5, 5.41) is 17.7. The van der Waals surface area contributed by atoms with Gasteiger partial charge in [-0.05, 0) is 6.07 Å². The molecule has 0 amide bonds. The van der Waals surface area contributed by atoms with Crippen LogP contribution in [0.1, 0.15) is 6.42 Å². The Bertz CT molecular complexity index is 346. The normalized spacial score (nSPS) is 12.3. The number of nitrogens with zero attached hydrogens (tertiary/aromatic N) is 1. The number of anilines is 1. The molecule has 15 heavy (non-hydrogen) atoms. The highest BCUT2D eigenvalue weighted by molar-refractivity contribution is 7.99. The molecular weight excluding hydrogens is 216 g/mol. The lowest BCUT2D eigenvalue weighted by atomic mass is 10.3. The van der Waals surface area contributed by atoms with Crippen LogP contribution in [0.25, 0.3) is 0 Å². The molecule has 0 radical (unpaired) electrons. The van der Waals surface area contributed by atoms with Gasteiger partial charge in [-0.15, -0.1) is 11.8 Å². The van der Waals surface area contributed by atoms with Crippen molar-refractivity contribution in [2.24, 2.45) is 0 Å². The predicted molar refractivity (Wildman–Crippen MR) is 57.6 cm³/mol. The third-order valence-corrected chi connectivity index (χ3v) is 2.89.